The molecule has 0 aliphatic carbocycles. The molecule has 0 bridgehead atoms. The van der Waals surface area contributed by atoms with Crippen LogP contribution in [0.4, 0.5) is 0 Å². The van der Waals surface area contributed by atoms with E-state index in [1.54, 1.807) is 21.3 Å². The molecule has 0 aromatic heterocycles. The lowest BCUT2D eigenvalue weighted by Crippen LogP contribution is -2.42. The molecule has 1 rings (SSSR count). The van der Waals surface area contributed by atoms with Gasteiger partial charge in [0.25, 0.3) is 0 Å². The first-order valence-electron chi connectivity index (χ1n) is 5.61. The molecule has 1 unspecified atom stereocenters. The summed E-state index contributed by atoms with van der Waals surface area (Å²) in [6.45, 7) is 2.34. The van der Waals surface area contributed by atoms with Crippen molar-refractivity contribution in [1.82, 2.24) is 0 Å². The van der Waals surface area contributed by atoms with Gasteiger partial charge in [-0.15, -0.1) is 0 Å². The summed E-state index contributed by atoms with van der Waals surface area (Å²) in [7, 11) is 2.55. The number of ether oxygens (including phenoxy) is 2. The summed E-state index contributed by atoms with van der Waals surface area (Å²) in [6.07, 6.45) is 2.34. The van der Waals surface area contributed by atoms with Crippen LogP contribution in [0.3, 0.4) is 0 Å². The van der Waals surface area contributed by atoms with Gasteiger partial charge in [-0.3, -0.25) is 0 Å². The Kier molecular flexibility index (Phi) is 6.48. The van der Waals surface area contributed by atoms with Gasteiger partial charge in [0, 0.05) is 34.0 Å². The average molecular weight is 250 g/mol. The predicted octanol–water partition coefficient (Wildman–Crippen LogP) is 1.06. The van der Waals surface area contributed by atoms with Gasteiger partial charge in [0.15, 0.2) is 0 Å². The maximum atomic E-state index is 5.44. The van der Waals surface area contributed by atoms with Crippen molar-refractivity contribution in [3.63, 3.8) is 0 Å². The minimum Gasteiger partial charge on any atom is -0.379 e. The molecule has 1 aliphatic rings. The van der Waals surface area contributed by atoms with Crippen LogP contribution in [0.15, 0.2) is 0 Å². The van der Waals surface area contributed by atoms with Gasteiger partial charge in [-0.1, -0.05) is 0 Å². The highest BCUT2D eigenvalue weighted by atomic mass is 28.4. The van der Waals surface area contributed by atoms with E-state index < -0.39 is 8.80 Å². The molecule has 0 amide bonds. The lowest BCUT2D eigenvalue weighted by Gasteiger charge is -2.24. The van der Waals surface area contributed by atoms with Crippen LogP contribution in [-0.4, -0.2) is 56.1 Å². The van der Waals surface area contributed by atoms with Crippen molar-refractivity contribution < 1.29 is 22.8 Å². The Morgan fingerprint density at radius 1 is 1.12 bits per heavy atom. The van der Waals surface area contributed by atoms with Crippen molar-refractivity contribution in [3.05, 3.63) is 0 Å². The van der Waals surface area contributed by atoms with E-state index in [-0.39, 0.29) is 0 Å². The van der Waals surface area contributed by atoms with Gasteiger partial charge in [0.05, 0.1) is 13.2 Å². The third-order valence-corrected chi connectivity index (χ3v) is 5.49. The van der Waals surface area contributed by atoms with E-state index in [9.17, 15) is 0 Å². The van der Waals surface area contributed by atoms with Crippen molar-refractivity contribution in [2.75, 3.05) is 41.2 Å². The van der Waals surface area contributed by atoms with Gasteiger partial charge < -0.3 is 22.8 Å². The van der Waals surface area contributed by atoms with Crippen LogP contribution in [0.5, 0.6) is 0 Å². The zero-order chi connectivity index (χ0) is 11.9. The largest absolute Gasteiger partial charge is 0.500 e. The molecule has 0 spiro atoms. The Balaban J connectivity index is 1.98. The third-order valence-electron chi connectivity index (χ3n) is 2.66. The predicted molar refractivity (Wildman–Crippen MR) is 61.4 cm³/mol. The van der Waals surface area contributed by atoms with Crippen LogP contribution >= 0.6 is 0 Å². The molecule has 1 fully saturated rings. The van der Waals surface area contributed by atoms with E-state index >= 15 is 0 Å². The molecule has 6 heteroatoms. The van der Waals surface area contributed by atoms with Gasteiger partial charge in [0.2, 0.25) is 0 Å². The second kappa shape index (κ2) is 7.36. The molecule has 1 heterocycles. The number of hydrogen-bond donors (Lipinski definition) is 0. The van der Waals surface area contributed by atoms with Crippen molar-refractivity contribution >= 4 is 8.80 Å². The van der Waals surface area contributed by atoms with Crippen molar-refractivity contribution in [2.45, 2.75) is 25.0 Å². The second-order valence-corrected chi connectivity index (χ2v) is 6.87. The molecule has 16 heavy (non-hydrogen) atoms. The van der Waals surface area contributed by atoms with Crippen molar-refractivity contribution in [3.8, 4) is 0 Å². The monoisotopic (exact) mass is 250 g/mol. The third kappa shape index (κ3) is 4.90. The van der Waals surface area contributed by atoms with Gasteiger partial charge in [-0.25, -0.2) is 0 Å². The first-order chi connectivity index (χ1) is 7.76. The number of unbranched alkanes of at least 4 members (excludes halogenated alkanes) is 1. The Morgan fingerprint density at radius 2 is 1.75 bits per heavy atom. The smallest absolute Gasteiger partial charge is 0.379 e. The molecular weight excluding hydrogens is 228 g/mol. The molecule has 0 saturated carbocycles. The van der Waals surface area contributed by atoms with E-state index in [2.05, 4.69) is 0 Å². The first-order valence-corrected chi connectivity index (χ1v) is 7.54. The SMILES string of the molecule is CO[Si](CCCCOCC1CO1)(OC)OC. The Bertz CT molecular complexity index is 174. The van der Waals surface area contributed by atoms with Crippen LogP contribution in [0.1, 0.15) is 12.8 Å². The molecule has 0 aromatic carbocycles. The maximum Gasteiger partial charge on any atom is 0.500 e. The van der Waals surface area contributed by atoms with Crippen molar-refractivity contribution in [1.29, 1.82) is 0 Å². The minimum atomic E-state index is -2.37. The molecule has 1 aliphatic heterocycles. The van der Waals surface area contributed by atoms with E-state index in [0.717, 1.165) is 38.7 Å². The van der Waals surface area contributed by atoms with Crippen LogP contribution < -0.4 is 0 Å². The van der Waals surface area contributed by atoms with Gasteiger partial charge in [-0.05, 0) is 12.8 Å². The topological polar surface area (TPSA) is 49.5 Å². The summed E-state index contributed by atoms with van der Waals surface area (Å²) in [4.78, 5) is 0. The Labute approximate surface area is 98.3 Å². The highest BCUT2D eigenvalue weighted by Crippen LogP contribution is 2.16. The Hall–Kier alpha value is 0.0169. The quantitative estimate of drug-likeness (QED) is 0.330. The molecule has 0 radical (unpaired) electrons. The minimum absolute atomic E-state index is 0.352. The summed E-state index contributed by atoms with van der Waals surface area (Å²) in [5.41, 5.74) is 0. The van der Waals surface area contributed by atoms with E-state index in [1.807, 2.05) is 0 Å². The standard InChI is InChI=1S/C10H22O5Si/c1-11-16(12-2,13-3)7-5-4-6-14-8-10-9-15-10/h10H,4-9H2,1-3H3. The lowest BCUT2D eigenvalue weighted by atomic mass is 10.3. The molecule has 96 valence electrons. The molecule has 1 atom stereocenters. The van der Waals surface area contributed by atoms with Gasteiger partial charge in [-0.2, -0.15) is 0 Å². The highest BCUT2D eigenvalue weighted by molar-refractivity contribution is 6.60. The van der Waals surface area contributed by atoms with Crippen LogP contribution in [-0.2, 0) is 22.8 Å². The fourth-order valence-corrected chi connectivity index (χ4v) is 3.28. The molecule has 0 N–H and O–H groups in total. The molecule has 0 aromatic rings. The highest BCUT2D eigenvalue weighted by Gasteiger charge is 2.36. The van der Waals surface area contributed by atoms with Crippen LogP contribution in [0, 0.1) is 0 Å². The van der Waals surface area contributed by atoms with E-state index in [1.165, 1.54) is 0 Å². The normalized spacial score (nSPS) is 20.1. The van der Waals surface area contributed by atoms with Crippen LogP contribution in [0.2, 0.25) is 6.04 Å². The first kappa shape index (κ1) is 14.1. The molecular formula is C10H22O5Si. The van der Waals surface area contributed by atoms with Crippen LogP contribution in [0.25, 0.3) is 0 Å². The Morgan fingerprint density at radius 3 is 2.25 bits per heavy atom. The number of epoxide rings is 1. The fourth-order valence-electron chi connectivity index (χ4n) is 1.48. The van der Waals surface area contributed by atoms with E-state index in [0.29, 0.717) is 6.10 Å². The zero-order valence-corrected chi connectivity index (χ0v) is 11.4. The van der Waals surface area contributed by atoms with Crippen molar-refractivity contribution in [2.24, 2.45) is 0 Å². The number of rotatable bonds is 10. The summed E-state index contributed by atoms with van der Waals surface area (Å²) >= 11 is 0. The fraction of sp³-hybridized carbons (Fsp3) is 1.00. The number of hydrogen-bond acceptors (Lipinski definition) is 5. The molecule has 5 nitrogen and oxygen atoms in total. The second-order valence-electron chi connectivity index (χ2n) is 3.78. The summed E-state index contributed by atoms with van der Waals surface area (Å²) < 4.78 is 26.5. The van der Waals surface area contributed by atoms with Gasteiger partial charge in [0.1, 0.15) is 6.10 Å². The summed E-state index contributed by atoms with van der Waals surface area (Å²) in [5, 5.41) is 0. The average Bonchev–Trinajstić information content (AvgIpc) is 3.13. The maximum absolute atomic E-state index is 5.44. The lowest BCUT2D eigenvalue weighted by molar-refractivity contribution is 0.107. The summed E-state index contributed by atoms with van der Waals surface area (Å²) in [6, 6.07) is 0.833. The van der Waals surface area contributed by atoms with E-state index in [4.69, 9.17) is 22.8 Å². The van der Waals surface area contributed by atoms with Gasteiger partial charge >= 0.3 is 8.80 Å². The molecule has 1 saturated heterocycles. The zero-order valence-electron chi connectivity index (χ0n) is 10.4. The summed E-state index contributed by atoms with van der Waals surface area (Å²) in [5.74, 6) is 0.